The molecule has 2 N–H and O–H groups in total. The first-order valence-corrected chi connectivity index (χ1v) is 13.5. The zero-order chi connectivity index (χ0) is 24.7. The van der Waals surface area contributed by atoms with Crippen LogP contribution in [0.2, 0.25) is 0 Å². The number of sulfonamides is 2. The van der Waals surface area contributed by atoms with Crippen LogP contribution in [0.3, 0.4) is 0 Å². The van der Waals surface area contributed by atoms with Gasteiger partial charge in [-0.15, -0.1) is 0 Å². The van der Waals surface area contributed by atoms with Crippen molar-refractivity contribution < 1.29 is 21.6 Å². The van der Waals surface area contributed by atoms with E-state index in [0.717, 1.165) is 5.56 Å². The van der Waals surface area contributed by atoms with Gasteiger partial charge in [0.1, 0.15) is 0 Å². The van der Waals surface area contributed by atoms with Gasteiger partial charge < -0.3 is 5.32 Å². The Morgan fingerprint density at radius 3 is 2.32 bits per heavy atom. The van der Waals surface area contributed by atoms with Crippen molar-refractivity contribution in [3.63, 3.8) is 0 Å². The molecular formula is C24H25N3O5S2. The van der Waals surface area contributed by atoms with E-state index in [4.69, 9.17) is 0 Å². The fourth-order valence-corrected chi connectivity index (χ4v) is 6.50. The Labute approximate surface area is 199 Å². The van der Waals surface area contributed by atoms with Crippen LogP contribution in [0.25, 0.3) is 0 Å². The third kappa shape index (κ3) is 4.31. The third-order valence-corrected chi connectivity index (χ3v) is 9.19. The van der Waals surface area contributed by atoms with Gasteiger partial charge in [0, 0.05) is 17.3 Å². The van der Waals surface area contributed by atoms with Crippen LogP contribution in [0.1, 0.15) is 28.4 Å². The average molecular weight is 500 g/mol. The predicted molar refractivity (Wildman–Crippen MR) is 131 cm³/mol. The first-order valence-electron chi connectivity index (χ1n) is 10.6. The van der Waals surface area contributed by atoms with Crippen molar-refractivity contribution in [1.29, 1.82) is 0 Å². The average Bonchev–Trinajstić information content (AvgIpc) is 3.16. The number of hydrogen-bond acceptors (Lipinski definition) is 5. The molecule has 1 aliphatic heterocycles. The molecule has 178 valence electrons. The van der Waals surface area contributed by atoms with Crippen molar-refractivity contribution in [1.82, 2.24) is 4.72 Å². The fraction of sp³-hybridized carbons (Fsp3) is 0.208. The predicted octanol–water partition coefficient (Wildman–Crippen LogP) is 3.30. The quantitative estimate of drug-likeness (QED) is 0.540. The van der Waals surface area contributed by atoms with Crippen molar-refractivity contribution >= 4 is 37.3 Å². The second-order valence-electron chi connectivity index (χ2n) is 8.15. The molecule has 0 saturated carbocycles. The van der Waals surface area contributed by atoms with E-state index in [1.165, 1.54) is 23.5 Å². The molecule has 1 atom stereocenters. The molecule has 0 bridgehead atoms. The van der Waals surface area contributed by atoms with Crippen LogP contribution in [0, 0.1) is 6.92 Å². The van der Waals surface area contributed by atoms with E-state index in [0.29, 0.717) is 28.9 Å². The molecule has 0 saturated heterocycles. The Morgan fingerprint density at radius 2 is 1.65 bits per heavy atom. The second-order valence-corrected chi connectivity index (χ2v) is 11.9. The largest absolute Gasteiger partial charge is 0.322 e. The Morgan fingerprint density at radius 1 is 0.941 bits per heavy atom. The van der Waals surface area contributed by atoms with Gasteiger partial charge in [-0.2, -0.15) is 0 Å². The standard InChI is InChI=1S/C24H25N3O5S2/c1-16-9-11-21(33(29,30)25-3)15-22(16)26-24(28)18-10-12-23-19(14-18)13-17(2)27(23)34(31,32)20-7-5-4-6-8-20/h4-12,14-15,17,25H,13H2,1-3H3,(H,26,28)/t17-/m1/s1. The summed E-state index contributed by atoms with van der Waals surface area (Å²) in [6.45, 7) is 3.60. The van der Waals surface area contributed by atoms with Gasteiger partial charge in [-0.25, -0.2) is 21.6 Å². The summed E-state index contributed by atoms with van der Waals surface area (Å²) >= 11 is 0. The summed E-state index contributed by atoms with van der Waals surface area (Å²) in [7, 11) is -6.08. The van der Waals surface area contributed by atoms with Crippen LogP contribution in [0.4, 0.5) is 11.4 Å². The van der Waals surface area contributed by atoms with Gasteiger partial charge in [0.25, 0.3) is 15.9 Å². The van der Waals surface area contributed by atoms with Gasteiger partial charge in [0.15, 0.2) is 0 Å². The number of anilines is 2. The molecule has 4 rings (SSSR count). The first kappa shape index (κ1) is 23.9. The van der Waals surface area contributed by atoms with Crippen molar-refractivity contribution in [2.45, 2.75) is 36.1 Å². The van der Waals surface area contributed by atoms with Gasteiger partial charge >= 0.3 is 0 Å². The smallest absolute Gasteiger partial charge is 0.264 e. The summed E-state index contributed by atoms with van der Waals surface area (Å²) in [5.41, 5.74) is 2.74. The van der Waals surface area contributed by atoms with E-state index >= 15 is 0 Å². The molecule has 3 aromatic carbocycles. The number of carbonyl (C=O) groups excluding carboxylic acids is 1. The Bertz CT molecular complexity index is 1470. The van der Waals surface area contributed by atoms with Crippen LogP contribution < -0.4 is 14.3 Å². The topological polar surface area (TPSA) is 113 Å². The number of aryl methyl sites for hydroxylation is 1. The Hall–Kier alpha value is -3.21. The second kappa shape index (κ2) is 8.86. The number of hydrogen-bond donors (Lipinski definition) is 2. The highest BCUT2D eigenvalue weighted by Crippen LogP contribution is 2.37. The van der Waals surface area contributed by atoms with E-state index < -0.39 is 26.0 Å². The molecule has 34 heavy (non-hydrogen) atoms. The summed E-state index contributed by atoms with van der Waals surface area (Å²) in [5.74, 6) is -0.415. The van der Waals surface area contributed by atoms with Crippen molar-refractivity contribution in [2.24, 2.45) is 0 Å². The van der Waals surface area contributed by atoms with E-state index in [-0.39, 0.29) is 15.8 Å². The Kier molecular flexibility index (Phi) is 6.24. The van der Waals surface area contributed by atoms with Gasteiger partial charge in [0.2, 0.25) is 10.0 Å². The molecule has 0 fully saturated rings. The molecule has 3 aromatic rings. The molecule has 1 amide bonds. The van der Waals surface area contributed by atoms with Crippen LogP contribution in [-0.4, -0.2) is 35.8 Å². The number of benzene rings is 3. The summed E-state index contributed by atoms with van der Waals surface area (Å²) in [6.07, 6.45) is 0.470. The minimum Gasteiger partial charge on any atom is -0.322 e. The van der Waals surface area contributed by atoms with Gasteiger partial charge in [-0.05, 0) is 80.9 Å². The summed E-state index contributed by atoms with van der Waals surface area (Å²) < 4.78 is 54.4. The minimum atomic E-state index is -3.74. The van der Waals surface area contributed by atoms with Crippen LogP contribution in [-0.2, 0) is 26.5 Å². The van der Waals surface area contributed by atoms with Crippen molar-refractivity contribution in [2.75, 3.05) is 16.7 Å². The van der Waals surface area contributed by atoms with Gasteiger partial charge in [-0.1, -0.05) is 24.3 Å². The maximum Gasteiger partial charge on any atom is 0.264 e. The Balaban J connectivity index is 1.63. The van der Waals surface area contributed by atoms with Gasteiger partial charge in [0.05, 0.1) is 15.5 Å². The summed E-state index contributed by atoms with van der Waals surface area (Å²) in [6, 6.07) is 17.3. The number of amides is 1. The minimum absolute atomic E-state index is 0.0421. The van der Waals surface area contributed by atoms with Gasteiger partial charge in [-0.3, -0.25) is 9.10 Å². The molecule has 0 spiro atoms. The van der Waals surface area contributed by atoms with Crippen LogP contribution in [0.5, 0.6) is 0 Å². The van der Waals surface area contributed by atoms with E-state index in [2.05, 4.69) is 10.0 Å². The molecule has 0 aliphatic carbocycles. The third-order valence-electron chi connectivity index (χ3n) is 5.83. The highest BCUT2D eigenvalue weighted by molar-refractivity contribution is 7.93. The van der Waals surface area contributed by atoms with E-state index in [1.807, 2.05) is 6.92 Å². The van der Waals surface area contributed by atoms with Crippen molar-refractivity contribution in [3.05, 3.63) is 83.4 Å². The zero-order valence-electron chi connectivity index (χ0n) is 18.9. The highest BCUT2D eigenvalue weighted by Gasteiger charge is 2.36. The number of nitrogens with zero attached hydrogens (tertiary/aromatic N) is 1. The fourth-order valence-electron chi connectivity index (χ4n) is 4.03. The number of fused-ring (bicyclic) bond motifs is 1. The zero-order valence-corrected chi connectivity index (χ0v) is 20.6. The lowest BCUT2D eigenvalue weighted by atomic mass is 10.1. The van der Waals surface area contributed by atoms with E-state index in [9.17, 15) is 21.6 Å². The lowest BCUT2D eigenvalue weighted by Gasteiger charge is -2.24. The molecule has 0 aromatic heterocycles. The number of nitrogens with one attached hydrogen (secondary N) is 2. The van der Waals surface area contributed by atoms with E-state index in [1.54, 1.807) is 61.5 Å². The molecule has 0 unspecified atom stereocenters. The molecule has 8 nitrogen and oxygen atoms in total. The van der Waals surface area contributed by atoms with Crippen LogP contribution >= 0.6 is 0 Å². The molecule has 10 heteroatoms. The number of carbonyl (C=O) groups is 1. The maximum atomic E-state index is 13.2. The number of rotatable bonds is 6. The lowest BCUT2D eigenvalue weighted by molar-refractivity contribution is 0.102. The molecule has 1 heterocycles. The normalized spacial score (nSPS) is 15.7. The maximum absolute atomic E-state index is 13.2. The van der Waals surface area contributed by atoms with Crippen molar-refractivity contribution in [3.8, 4) is 0 Å². The monoisotopic (exact) mass is 499 g/mol. The summed E-state index contributed by atoms with van der Waals surface area (Å²) in [4.78, 5) is 13.2. The van der Waals surface area contributed by atoms with Crippen LogP contribution in [0.15, 0.2) is 76.5 Å². The summed E-state index contributed by atoms with van der Waals surface area (Å²) in [5, 5.41) is 2.77. The molecule has 0 radical (unpaired) electrons. The molecule has 1 aliphatic rings. The lowest BCUT2D eigenvalue weighted by Crippen LogP contribution is -2.35. The molecular weight excluding hydrogens is 474 g/mol. The SMILES string of the molecule is CNS(=O)(=O)c1ccc(C)c(NC(=O)c2ccc3c(c2)C[C@@H](C)N3S(=O)(=O)c2ccccc2)c1. The highest BCUT2D eigenvalue weighted by atomic mass is 32.2. The first-order chi connectivity index (χ1) is 16.0.